The minimum atomic E-state index is -0.513. The third-order valence-corrected chi connectivity index (χ3v) is 4.98. The Bertz CT molecular complexity index is 784. The summed E-state index contributed by atoms with van der Waals surface area (Å²) < 4.78 is 0. The Morgan fingerprint density at radius 2 is 1.95 bits per heavy atom. The molecule has 100 valence electrons. The molecule has 1 amide bonds. The largest absolute Gasteiger partial charge is 0.397 e. The molecule has 4 nitrogen and oxygen atoms in total. The Morgan fingerprint density at radius 3 is 2.65 bits per heavy atom. The number of hydrogen-bond donors (Lipinski definition) is 2. The van der Waals surface area contributed by atoms with Gasteiger partial charge in [-0.05, 0) is 18.2 Å². The van der Waals surface area contributed by atoms with Gasteiger partial charge in [0.2, 0.25) is 0 Å². The number of benzene rings is 1. The molecule has 0 unspecified atom stereocenters. The molecule has 0 aliphatic rings. The molecule has 0 spiro atoms. The van der Waals surface area contributed by atoms with Crippen molar-refractivity contribution in [1.82, 2.24) is 4.98 Å². The van der Waals surface area contributed by atoms with Gasteiger partial charge in [-0.1, -0.05) is 30.0 Å². The van der Waals surface area contributed by atoms with Crippen molar-refractivity contribution in [2.45, 2.75) is 9.79 Å². The van der Waals surface area contributed by atoms with Crippen LogP contribution in [0.1, 0.15) is 9.67 Å². The Balaban J connectivity index is 2.14. The Morgan fingerprint density at radius 1 is 1.20 bits per heavy atom. The third kappa shape index (κ3) is 2.23. The zero-order chi connectivity index (χ0) is 14.1. The fourth-order valence-corrected chi connectivity index (χ4v) is 3.89. The van der Waals surface area contributed by atoms with E-state index in [9.17, 15) is 4.79 Å². The number of pyridine rings is 1. The first kappa shape index (κ1) is 13.0. The molecule has 0 bridgehead atoms. The number of nitrogen functional groups attached to an aromatic ring is 1. The second kappa shape index (κ2) is 5.15. The number of nitrogens with zero attached hydrogens (tertiary/aromatic N) is 1. The zero-order valence-corrected chi connectivity index (χ0v) is 12.0. The number of hydrogen-bond acceptors (Lipinski definition) is 5. The summed E-state index contributed by atoms with van der Waals surface area (Å²) in [4.78, 5) is 18.8. The first-order valence-corrected chi connectivity index (χ1v) is 7.50. The third-order valence-electron chi connectivity index (χ3n) is 2.79. The van der Waals surface area contributed by atoms with Crippen LogP contribution in [0.3, 0.4) is 0 Å². The molecule has 0 aliphatic carbocycles. The van der Waals surface area contributed by atoms with Crippen LogP contribution in [-0.2, 0) is 0 Å². The molecule has 6 heteroatoms. The van der Waals surface area contributed by atoms with Crippen molar-refractivity contribution in [2.24, 2.45) is 5.73 Å². The standard InChI is InChI=1S/C14H11N3OS2/c15-11-10-9(19-8-4-2-1-3-5-8)6-7-17-14(10)20-12(11)13(16)18/h1-7H,15H2,(H2,16,18). The summed E-state index contributed by atoms with van der Waals surface area (Å²) in [6.07, 6.45) is 1.72. The number of primary amides is 1. The summed E-state index contributed by atoms with van der Waals surface area (Å²) in [6.45, 7) is 0. The molecule has 2 heterocycles. The average Bonchev–Trinajstić information content (AvgIpc) is 2.79. The van der Waals surface area contributed by atoms with Crippen LogP contribution in [0.4, 0.5) is 5.69 Å². The lowest BCUT2D eigenvalue weighted by atomic mass is 10.2. The van der Waals surface area contributed by atoms with Crippen molar-refractivity contribution < 1.29 is 4.79 Å². The molecule has 3 aromatic rings. The van der Waals surface area contributed by atoms with Gasteiger partial charge in [0.15, 0.2) is 0 Å². The van der Waals surface area contributed by atoms with E-state index in [1.165, 1.54) is 11.3 Å². The highest BCUT2D eigenvalue weighted by Crippen LogP contribution is 2.40. The van der Waals surface area contributed by atoms with E-state index in [0.717, 1.165) is 20.0 Å². The summed E-state index contributed by atoms with van der Waals surface area (Å²) in [7, 11) is 0. The smallest absolute Gasteiger partial charge is 0.260 e. The molecule has 3 rings (SSSR count). The number of anilines is 1. The number of carbonyl (C=O) groups excluding carboxylic acids is 1. The molecule has 0 aliphatic heterocycles. The minimum absolute atomic E-state index is 0.369. The van der Waals surface area contributed by atoms with Crippen molar-refractivity contribution in [2.75, 3.05) is 5.73 Å². The van der Waals surface area contributed by atoms with Gasteiger partial charge in [0.1, 0.15) is 9.71 Å². The molecule has 0 saturated heterocycles. The van der Waals surface area contributed by atoms with Crippen LogP contribution in [0.25, 0.3) is 10.2 Å². The van der Waals surface area contributed by atoms with E-state index < -0.39 is 5.91 Å². The number of amides is 1. The van der Waals surface area contributed by atoms with Gasteiger partial charge in [-0.15, -0.1) is 11.3 Å². The quantitative estimate of drug-likeness (QED) is 0.778. The fraction of sp³-hybridized carbons (Fsp3) is 0. The summed E-state index contributed by atoms with van der Waals surface area (Å²) >= 11 is 2.82. The van der Waals surface area contributed by atoms with Crippen LogP contribution in [0.2, 0.25) is 0 Å². The van der Waals surface area contributed by atoms with Crippen molar-refractivity contribution in [3.05, 3.63) is 47.5 Å². The predicted octanol–water partition coefficient (Wildman–Crippen LogP) is 3.13. The van der Waals surface area contributed by atoms with E-state index in [4.69, 9.17) is 11.5 Å². The van der Waals surface area contributed by atoms with Crippen LogP contribution in [-0.4, -0.2) is 10.9 Å². The Hall–Kier alpha value is -2.05. The van der Waals surface area contributed by atoms with Crippen molar-refractivity contribution in [3.63, 3.8) is 0 Å². The summed E-state index contributed by atoms with van der Waals surface area (Å²) in [5.74, 6) is -0.513. The van der Waals surface area contributed by atoms with Gasteiger partial charge >= 0.3 is 0 Å². The SMILES string of the molecule is NC(=O)c1sc2nccc(Sc3ccccc3)c2c1N. The van der Waals surface area contributed by atoms with Gasteiger partial charge in [-0.3, -0.25) is 4.79 Å². The maximum atomic E-state index is 11.4. The molecule has 20 heavy (non-hydrogen) atoms. The topological polar surface area (TPSA) is 82.0 Å². The van der Waals surface area contributed by atoms with E-state index in [1.807, 2.05) is 36.4 Å². The zero-order valence-electron chi connectivity index (χ0n) is 10.4. The van der Waals surface area contributed by atoms with Crippen LogP contribution >= 0.6 is 23.1 Å². The predicted molar refractivity (Wildman–Crippen MR) is 83.1 cm³/mol. The number of carbonyl (C=O) groups is 1. The molecule has 4 N–H and O–H groups in total. The van der Waals surface area contributed by atoms with E-state index in [1.54, 1.807) is 18.0 Å². The Kier molecular flexibility index (Phi) is 3.33. The van der Waals surface area contributed by atoms with E-state index in [2.05, 4.69) is 4.98 Å². The van der Waals surface area contributed by atoms with Crippen LogP contribution in [0.15, 0.2) is 52.4 Å². The van der Waals surface area contributed by atoms with E-state index in [-0.39, 0.29) is 0 Å². The summed E-state index contributed by atoms with van der Waals surface area (Å²) in [5, 5.41) is 0.806. The second-order valence-electron chi connectivity index (χ2n) is 4.11. The number of aromatic nitrogens is 1. The Labute approximate surface area is 123 Å². The first-order valence-electron chi connectivity index (χ1n) is 5.86. The van der Waals surface area contributed by atoms with Crippen LogP contribution in [0, 0.1) is 0 Å². The average molecular weight is 301 g/mol. The first-order chi connectivity index (χ1) is 9.66. The monoisotopic (exact) mass is 301 g/mol. The highest BCUT2D eigenvalue weighted by molar-refractivity contribution is 7.99. The van der Waals surface area contributed by atoms with E-state index >= 15 is 0 Å². The minimum Gasteiger partial charge on any atom is -0.397 e. The maximum Gasteiger partial charge on any atom is 0.260 e. The second-order valence-corrected chi connectivity index (χ2v) is 6.23. The molecule has 2 aromatic heterocycles. The van der Waals surface area contributed by atoms with Gasteiger partial charge in [0.25, 0.3) is 5.91 Å². The van der Waals surface area contributed by atoms with E-state index in [0.29, 0.717) is 10.6 Å². The van der Waals surface area contributed by atoms with Crippen molar-refractivity contribution in [3.8, 4) is 0 Å². The lowest BCUT2D eigenvalue weighted by Gasteiger charge is -2.04. The van der Waals surface area contributed by atoms with Gasteiger partial charge < -0.3 is 11.5 Å². The number of thiophene rings is 1. The molecular weight excluding hydrogens is 290 g/mol. The maximum absolute atomic E-state index is 11.4. The molecule has 1 aromatic carbocycles. The highest BCUT2D eigenvalue weighted by Gasteiger charge is 2.17. The lowest BCUT2D eigenvalue weighted by molar-refractivity contribution is 0.100. The van der Waals surface area contributed by atoms with Crippen molar-refractivity contribution >= 4 is 44.9 Å². The number of rotatable bonds is 3. The number of nitrogens with two attached hydrogens (primary N) is 2. The van der Waals surface area contributed by atoms with Gasteiger partial charge in [0, 0.05) is 21.4 Å². The van der Waals surface area contributed by atoms with Crippen LogP contribution < -0.4 is 11.5 Å². The normalized spacial score (nSPS) is 10.8. The molecule has 0 saturated carbocycles. The molecule has 0 atom stereocenters. The van der Waals surface area contributed by atoms with Gasteiger partial charge in [-0.25, -0.2) is 4.98 Å². The summed E-state index contributed by atoms with van der Waals surface area (Å²) in [6, 6.07) is 11.9. The molecule has 0 fully saturated rings. The van der Waals surface area contributed by atoms with Gasteiger partial charge in [0.05, 0.1) is 5.69 Å². The highest BCUT2D eigenvalue weighted by atomic mass is 32.2. The van der Waals surface area contributed by atoms with Gasteiger partial charge in [-0.2, -0.15) is 0 Å². The molecular formula is C14H11N3OS2. The number of fused-ring (bicyclic) bond motifs is 1. The summed E-state index contributed by atoms with van der Waals surface area (Å²) in [5.41, 5.74) is 11.8. The fourth-order valence-electron chi connectivity index (χ4n) is 1.90. The molecule has 0 radical (unpaired) electrons. The van der Waals surface area contributed by atoms with Crippen molar-refractivity contribution in [1.29, 1.82) is 0 Å². The van der Waals surface area contributed by atoms with Crippen LogP contribution in [0.5, 0.6) is 0 Å². The lowest BCUT2D eigenvalue weighted by Crippen LogP contribution is -2.10.